The number of piperazine rings is 1. The van der Waals surface area contributed by atoms with Crippen molar-refractivity contribution >= 4 is 22.8 Å². The Hall–Kier alpha value is -2.58. The molecule has 2 saturated heterocycles. The molecule has 2 aliphatic heterocycles. The number of amides is 1. The summed E-state index contributed by atoms with van der Waals surface area (Å²) in [5, 5.41) is 4.85. The molecule has 2 N–H and O–H groups in total. The summed E-state index contributed by atoms with van der Waals surface area (Å²) < 4.78 is 5.34. The van der Waals surface area contributed by atoms with E-state index in [0.29, 0.717) is 32.8 Å². The smallest absolute Gasteiger partial charge is 0.236 e. The van der Waals surface area contributed by atoms with Crippen LogP contribution in [0.5, 0.6) is 0 Å². The molecular formula is C24H36N6O2. The number of hydrogen-bond donors (Lipinski definition) is 2. The highest BCUT2D eigenvalue weighted by Gasteiger charge is 2.24. The summed E-state index contributed by atoms with van der Waals surface area (Å²) >= 11 is 0. The van der Waals surface area contributed by atoms with Crippen molar-refractivity contribution in [3.05, 3.63) is 35.5 Å². The second kappa shape index (κ2) is 10.8. The lowest BCUT2D eigenvalue weighted by Crippen LogP contribution is -2.55. The highest BCUT2D eigenvalue weighted by atomic mass is 16.5. The molecule has 8 heteroatoms. The number of nitrogens with one attached hydrogen (secondary N) is 2. The number of morpholine rings is 1. The molecule has 1 amide bonds. The van der Waals surface area contributed by atoms with E-state index >= 15 is 0 Å². The summed E-state index contributed by atoms with van der Waals surface area (Å²) in [4.78, 5) is 26.9. The van der Waals surface area contributed by atoms with Crippen molar-refractivity contribution in [3.8, 4) is 0 Å². The van der Waals surface area contributed by atoms with Crippen LogP contribution in [-0.4, -0.2) is 104 Å². The Morgan fingerprint density at radius 3 is 2.59 bits per heavy atom. The monoisotopic (exact) mass is 440 g/mol. The van der Waals surface area contributed by atoms with Crippen LogP contribution in [0.15, 0.2) is 29.4 Å². The number of H-pyrrole nitrogens is 1. The number of carbonyl (C=O) groups is 1. The zero-order valence-electron chi connectivity index (χ0n) is 19.4. The van der Waals surface area contributed by atoms with Crippen LogP contribution < -0.4 is 5.32 Å². The van der Waals surface area contributed by atoms with Crippen LogP contribution in [0.4, 0.5) is 0 Å². The quantitative estimate of drug-likeness (QED) is 0.524. The van der Waals surface area contributed by atoms with Crippen LogP contribution in [0.25, 0.3) is 10.9 Å². The summed E-state index contributed by atoms with van der Waals surface area (Å²) in [6.07, 6.45) is 4.12. The van der Waals surface area contributed by atoms with Gasteiger partial charge in [0.15, 0.2) is 5.96 Å². The highest BCUT2D eigenvalue weighted by Crippen LogP contribution is 2.22. The molecule has 4 rings (SSSR count). The largest absolute Gasteiger partial charge is 0.378 e. The Bertz CT molecular complexity index is 926. The van der Waals surface area contributed by atoms with Gasteiger partial charge < -0.3 is 24.8 Å². The first-order valence-corrected chi connectivity index (χ1v) is 11.8. The van der Waals surface area contributed by atoms with E-state index in [-0.39, 0.29) is 5.91 Å². The summed E-state index contributed by atoms with van der Waals surface area (Å²) in [6.45, 7) is 9.77. The Kier molecular flexibility index (Phi) is 7.65. The number of aliphatic imine (C=N–C) groups is 1. The molecule has 2 aliphatic rings. The zero-order valence-corrected chi connectivity index (χ0v) is 19.4. The van der Waals surface area contributed by atoms with Crippen molar-refractivity contribution in [2.75, 3.05) is 72.6 Å². The second-order valence-corrected chi connectivity index (χ2v) is 8.49. The summed E-state index contributed by atoms with van der Waals surface area (Å²) in [5.41, 5.74) is 3.96. The number of carbonyl (C=O) groups excluding carboxylic acids is 1. The Labute approximate surface area is 190 Å². The third kappa shape index (κ3) is 5.24. The number of hydrogen-bond acceptors (Lipinski definition) is 4. The molecule has 32 heavy (non-hydrogen) atoms. The number of fused-ring (bicyclic) bond motifs is 1. The average molecular weight is 441 g/mol. The van der Waals surface area contributed by atoms with Gasteiger partial charge in [0.05, 0.1) is 19.8 Å². The maximum Gasteiger partial charge on any atom is 0.236 e. The van der Waals surface area contributed by atoms with Crippen molar-refractivity contribution < 1.29 is 9.53 Å². The van der Waals surface area contributed by atoms with Gasteiger partial charge in [0.2, 0.25) is 5.91 Å². The number of benzene rings is 1. The first-order valence-electron chi connectivity index (χ1n) is 11.8. The maximum atomic E-state index is 12.5. The van der Waals surface area contributed by atoms with Gasteiger partial charge in [-0.2, -0.15) is 0 Å². The van der Waals surface area contributed by atoms with E-state index in [1.807, 2.05) is 11.9 Å². The number of aromatic amines is 1. The number of ether oxygens (including phenoxy) is 1. The van der Waals surface area contributed by atoms with E-state index < -0.39 is 0 Å². The minimum absolute atomic E-state index is 0.217. The van der Waals surface area contributed by atoms with Crippen LogP contribution >= 0.6 is 0 Å². The molecule has 0 unspecified atom stereocenters. The van der Waals surface area contributed by atoms with Gasteiger partial charge >= 0.3 is 0 Å². The predicted octanol–water partition coefficient (Wildman–Crippen LogP) is 1.32. The number of nitrogens with zero attached hydrogens (tertiary/aromatic N) is 4. The van der Waals surface area contributed by atoms with E-state index in [0.717, 1.165) is 51.5 Å². The van der Waals surface area contributed by atoms with Gasteiger partial charge in [0.25, 0.3) is 0 Å². The molecule has 0 radical (unpaired) electrons. The Balaban J connectivity index is 1.23. The minimum Gasteiger partial charge on any atom is -0.378 e. The fourth-order valence-corrected chi connectivity index (χ4v) is 4.64. The minimum atomic E-state index is 0.217. The molecule has 2 fully saturated rings. The lowest BCUT2D eigenvalue weighted by atomic mass is 10.1. The summed E-state index contributed by atoms with van der Waals surface area (Å²) in [7, 11) is 1.84. The number of aromatic nitrogens is 1. The van der Waals surface area contributed by atoms with Crippen molar-refractivity contribution in [1.29, 1.82) is 0 Å². The number of aryl methyl sites for hydroxylation is 1. The molecule has 174 valence electrons. The fraction of sp³-hybridized carbons (Fsp3) is 0.583. The average Bonchev–Trinajstić information content (AvgIpc) is 3.26. The molecule has 2 aromatic rings. The van der Waals surface area contributed by atoms with Crippen molar-refractivity contribution in [1.82, 2.24) is 25.0 Å². The topological polar surface area (TPSA) is 76.2 Å². The molecule has 0 spiro atoms. The molecule has 0 atom stereocenters. The third-order valence-electron chi connectivity index (χ3n) is 6.55. The van der Waals surface area contributed by atoms with Gasteiger partial charge in [-0.15, -0.1) is 0 Å². The Morgan fingerprint density at radius 2 is 1.88 bits per heavy atom. The molecule has 1 aromatic heterocycles. The predicted molar refractivity (Wildman–Crippen MR) is 128 cm³/mol. The van der Waals surface area contributed by atoms with Crippen LogP contribution in [0.3, 0.4) is 0 Å². The second-order valence-electron chi connectivity index (χ2n) is 8.49. The third-order valence-corrected chi connectivity index (χ3v) is 6.55. The SMILES string of the molecule is CCc1cccc2c(CCNC(=NC)N3CCN(CC(=O)N4CCOCC4)CC3)c[nH]c12. The van der Waals surface area contributed by atoms with E-state index in [2.05, 4.69) is 56.4 Å². The van der Waals surface area contributed by atoms with Gasteiger partial charge in [-0.1, -0.05) is 25.1 Å². The highest BCUT2D eigenvalue weighted by molar-refractivity contribution is 5.86. The van der Waals surface area contributed by atoms with Gasteiger partial charge in [-0.05, 0) is 24.0 Å². The van der Waals surface area contributed by atoms with Gasteiger partial charge in [0.1, 0.15) is 0 Å². The van der Waals surface area contributed by atoms with Crippen LogP contribution in [0.1, 0.15) is 18.1 Å². The van der Waals surface area contributed by atoms with Crippen molar-refractivity contribution in [2.45, 2.75) is 19.8 Å². The number of guanidine groups is 1. The first kappa shape index (κ1) is 22.6. The molecular weight excluding hydrogens is 404 g/mol. The van der Waals surface area contributed by atoms with Crippen molar-refractivity contribution in [2.24, 2.45) is 4.99 Å². The van der Waals surface area contributed by atoms with E-state index in [9.17, 15) is 4.79 Å². The van der Waals surface area contributed by atoms with E-state index in [1.165, 1.54) is 22.0 Å². The molecule has 0 aliphatic carbocycles. The summed E-state index contributed by atoms with van der Waals surface area (Å²) in [5.74, 6) is 1.16. The van der Waals surface area contributed by atoms with Crippen LogP contribution in [0, 0.1) is 0 Å². The fourth-order valence-electron chi connectivity index (χ4n) is 4.64. The van der Waals surface area contributed by atoms with E-state index in [1.54, 1.807) is 0 Å². The molecule has 8 nitrogen and oxygen atoms in total. The molecule has 1 aromatic carbocycles. The van der Waals surface area contributed by atoms with Crippen molar-refractivity contribution in [3.63, 3.8) is 0 Å². The number of rotatable bonds is 6. The Morgan fingerprint density at radius 1 is 1.09 bits per heavy atom. The summed E-state index contributed by atoms with van der Waals surface area (Å²) in [6, 6.07) is 6.54. The lowest BCUT2D eigenvalue weighted by Gasteiger charge is -2.37. The normalized spacial score (nSPS) is 18.4. The standard InChI is InChI=1S/C24H36N6O2/c1-3-19-5-4-6-21-20(17-27-23(19)21)7-8-26-24(25-2)30-11-9-28(10-12-30)18-22(31)29-13-15-32-16-14-29/h4-6,17,27H,3,7-16,18H2,1-2H3,(H,25,26). The van der Waals surface area contributed by atoms with Gasteiger partial charge in [-0.25, -0.2) is 0 Å². The first-order chi connectivity index (χ1) is 15.7. The van der Waals surface area contributed by atoms with Crippen LogP contribution in [-0.2, 0) is 22.4 Å². The lowest BCUT2D eigenvalue weighted by molar-refractivity contribution is -0.136. The molecule has 0 bridgehead atoms. The zero-order chi connectivity index (χ0) is 22.3. The van der Waals surface area contributed by atoms with E-state index in [4.69, 9.17) is 4.74 Å². The molecule has 3 heterocycles. The number of para-hydroxylation sites is 1. The van der Waals surface area contributed by atoms with Gasteiger partial charge in [0, 0.05) is 70.0 Å². The molecule has 0 saturated carbocycles. The van der Waals surface area contributed by atoms with Gasteiger partial charge in [-0.3, -0.25) is 14.7 Å². The maximum absolute atomic E-state index is 12.5. The van der Waals surface area contributed by atoms with Crippen LogP contribution in [0.2, 0.25) is 0 Å².